The number of benzene rings is 1. The summed E-state index contributed by atoms with van der Waals surface area (Å²) in [5.74, 6) is 0.171. The maximum absolute atomic E-state index is 12.7. The Morgan fingerprint density at radius 1 is 1.29 bits per heavy atom. The first-order chi connectivity index (χ1) is 10.1. The predicted molar refractivity (Wildman–Crippen MR) is 87.2 cm³/mol. The molecule has 3 rings (SSSR count). The molecule has 0 spiro atoms. The Kier molecular flexibility index (Phi) is 4.19. The van der Waals surface area contributed by atoms with E-state index in [1.807, 2.05) is 0 Å². The summed E-state index contributed by atoms with van der Waals surface area (Å²) in [7, 11) is 0. The maximum atomic E-state index is 12.7. The molecule has 1 saturated heterocycles. The fourth-order valence-corrected chi connectivity index (χ4v) is 4.04. The third kappa shape index (κ3) is 2.80. The summed E-state index contributed by atoms with van der Waals surface area (Å²) in [6.07, 6.45) is 4.32. The van der Waals surface area contributed by atoms with Crippen molar-refractivity contribution in [3.8, 4) is 5.75 Å². The van der Waals surface area contributed by atoms with Gasteiger partial charge in [0.15, 0.2) is 0 Å². The standard InChI is InChI=1S/C16H18INO3/c17-10-6-7-15(20)12(9-10)16(21)18-8-2-4-13(18)11-3-1-5-14(11)19/h6-7,9,11,13,20H,1-5,8H2. The van der Waals surface area contributed by atoms with Crippen molar-refractivity contribution in [3.05, 3.63) is 27.3 Å². The van der Waals surface area contributed by atoms with Crippen LogP contribution in [0.5, 0.6) is 5.75 Å². The minimum atomic E-state index is -0.145. The van der Waals surface area contributed by atoms with Crippen molar-refractivity contribution in [2.24, 2.45) is 5.92 Å². The molecule has 2 atom stereocenters. The van der Waals surface area contributed by atoms with Crippen LogP contribution >= 0.6 is 22.6 Å². The summed E-state index contributed by atoms with van der Waals surface area (Å²) in [5.41, 5.74) is 0.347. The molecule has 0 radical (unpaired) electrons. The number of hydrogen-bond donors (Lipinski definition) is 1. The van der Waals surface area contributed by atoms with Crippen LogP contribution in [0, 0.1) is 9.49 Å². The van der Waals surface area contributed by atoms with E-state index in [9.17, 15) is 14.7 Å². The number of Topliss-reactive ketones (excluding diaryl/α,β-unsaturated/α-hetero) is 1. The van der Waals surface area contributed by atoms with E-state index in [0.29, 0.717) is 24.3 Å². The van der Waals surface area contributed by atoms with E-state index in [4.69, 9.17) is 0 Å². The van der Waals surface area contributed by atoms with Crippen molar-refractivity contribution >= 4 is 34.3 Å². The number of aromatic hydroxyl groups is 1. The van der Waals surface area contributed by atoms with E-state index in [1.54, 1.807) is 23.1 Å². The molecule has 1 saturated carbocycles. The summed E-state index contributed by atoms with van der Waals surface area (Å²) >= 11 is 2.13. The molecule has 0 aromatic heterocycles. The number of phenols is 1. The van der Waals surface area contributed by atoms with Crippen molar-refractivity contribution in [1.29, 1.82) is 0 Å². The molecule has 1 aliphatic heterocycles. The summed E-state index contributed by atoms with van der Waals surface area (Å²) in [6, 6.07) is 5.06. The van der Waals surface area contributed by atoms with Gasteiger partial charge in [0.25, 0.3) is 5.91 Å². The lowest BCUT2D eigenvalue weighted by Crippen LogP contribution is -2.41. The van der Waals surface area contributed by atoms with Crippen LogP contribution in [-0.4, -0.2) is 34.3 Å². The second-order valence-electron chi connectivity index (χ2n) is 5.83. The van der Waals surface area contributed by atoms with E-state index in [1.165, 1.54) is 0 Å². The molecule has 1 aromatic carbocycles. The molecule has 5 heteroatoms. The SMILES string of the molecule is O=C1CCCC1C1CCCN1C(=O)c1cc(I)ccc1O. The Labute approximate surface area is 137 Å². The fourth-order valence-electron chi connectivity index (χ4n) is 3.55. The highest BCUT2D eigenvalue weighted by atomic mass is 127. The van der Waals surface area contributed by atoms with Crippen LogP contribution in [0.25, 0.3) is 0 Å². The summed E-state index contributed by atoms with van der Waals surface area (Å²) in [6.45, 7) is 0.679. The lowest BCUT2D eigenvalue weighted by molar-refractivity contribution is -0.121. The Morgan fingerprint density at radius 3 is 2.81 bits per heavy atom. The zero-order valence-corrected chi connectivity index (χ0v) is 13.9. The molecule has 0 bridgehead atoms. The van der Waals surface area contributed by atoms with E-state index >= 15 is 0 Å². The normalized spacial score (nSPS) is 25.6. The summed E-state index contributed by atoms with van der Waals surface area (Å²) < 4.78 is 0.918. The zero-order valence-electron chi connectivity index (χ0n) is 11.7. The van der Waals surface area contributed by atoms with E-state index in [2.05, 4.69) is 22.6 Å². The number of likely N-dealkylation sites (tertiary alicyclic amines) is 1. The maximum Gasteiger partial charge on any atom is 0.257 e. The van der Waals surface area contributed by atoms with Gasteiger partial charge in [-0.3, -0.25) is 9.59 Å². The van der Waals surface area contributed by atoms with Crippen molar-refractivity contribution in [2.45, 2.75) is 38.1 Å². The number of ketones is 1. The molecule has 4 nitrogen and oxygen atoms in total. The average molecular weight is 399 g/mol. The summed E-state index contributed by atoms with van der Waals surface area (Å²) in [5, 5.41) is 9.95. The minimum absolute atomic E-state index is 0.00128. The van der Waals surface area contributed by atoms with Crippen LogP contribution in [-0.2, 0) is 4.79 Å². The van der Waals surface area contributed by atoms with E-state index in [-0.39, 0.29) is 23.6 Å². The highest BCUT2D eigenvalue weighted by Gasteiger charge is 2.40. The largest absolute Gasteiger partial charge is 0.507 e. The number of amides is 1. The first kappa shape index (κ1) is 14.8. The number of hydrogen-bond acceptors (Lipinski definition) is 3. The first-order valence-corrected chi connectivity index (χ1v) is 8.48. The number of nitrogens with zero attached hydrogens (tertiary/aromatic N) is 1. The summed E-state index contributed by atoms with van der Waals surface area (Å²) in [4.78, 5) is 26.5. The van der Waals surface area contributed by atoms with Crippen LogP contribution in [0.2, 0.25) is 0 Å². The molecule has 1 heterocycles. The van der Waals surface area contributed by atoms with Crippen LogP contribution in [0.15, 0.2) is 18.2 Å². The van der Waals surface area contributed by atoms with Gasteiger partial charge >= 0.3 is 0 Å². The number of rotatable bonds is 2. The van der Waals surface area contributed by atoms with E-state index in [0.717, 1.165) is 29.3 Å². The number of carbonyl (C=O) groups excluding carboxylic acids is 2. The van der Waals surface area contributed by atoms with Crippen molar-refractivity contribution in [3.63, 3.8) is 0 Å². The molecule has 1 N–H and O–H groups in total. The molecule has 2 unspecified atom stereocenters. The molecular weight excluding hydrogens is 381 g/mol. The monoisotopic (exact) mass is 399 g/mol. The van der Waals surface area contributed by atoms with Crippen LogP contribution in [0.1, 0.15) is 42.5 Å². The van der Waals surface area contributed by atoms with Crippen molar-refractivity contribution in [1.82, 2.24) is 4.90 Å². The van der Waals surface area contributed by atoms with Gasteiger partial charge in [0.05, 0.1) is 5.56 Å². The molecule has 1 aromatic rings. The molecule has 2 fully saturated rings. The Bertz CT molecular complexity index is 587. The molecular formula is C16H18INO3. The smallest absolute Gasteiger partial charge is 0.257 e. The molecule has 21 heavy (non-hydrogen) atoms. The number of carbonyl (C=O) groups is 2. The van der Waals surface area contributed by atoms with Crippen molar-refractivity contribution < 1.29 is 14.7 Å². The van der Waals surface area contributed by atoms with Gasteiger partial charge in [-0.15, -0.1) is 0 Å². The molecule has 2 aliphatic rings. The molecule has 1 aliphatic carbocycles. The van der Waals surface area contributed by atoms with Gasteiger partial charge in [-0.25, -0.2) is 0 Å². The highest BCUT2D eigenvalue weighted by Crippen LogP contribution is 2.35. The molecule has 112 valence electrons. The van der Waals surface area contributed by atoms with Crippen LogP contribution in [0.3, 0.4) is 0 Å². The van der Waals surface area contributed by atoms with Crippen LogP contribution < -0.4 is 0 Å². The Morgan fingerprint density at radius 2 is 2.10 bits per heavy atom. The highest BCUT2D eigenvalue weighted by molar-refractivity contribution is 14.1. The zero-order chi connectivity index (χ0) is 15.0. The van der Waals surface area contributed by atoms with Gasteiger partial charge in [-0.05, 0) is 66.5 Å². The quantitative estimate of drug-likeness (QED) is 0.779. The van der Waals surface area contributed by atoms with Gasteiger partial charge in [0.1, 0.15) is 11.5 Å². The first-order valence-electron chi connectivity index (χ1n) is 7.40. The predicted octanol–water partition coefficient (Wildman–Crippen LogP) is 2.97. The third-order valence-corrected chi connectivity index (χ3v) is 5.24. The third-order valence-electron chi connectivity index (χ3n) is 4.57. The minimum Gasteiger partial charge on any atom is -0.507 e. The lowest BCUT2D eigenvalue weighted by atomic mass is 9.94. The van der Waals surface area contributed by atoms with Gasteiger partial charge in [-0.1, -0.05) is 0 Å². The average Bonchev–Trinajstić information content (AvgIpc) is 3.08. The van der Waals surface area contributed by atoms with E-state index < -0.39 is 0 Å². The fraction of sp³-hybridized carbons (Fsp3) is 0.500. The van der Waals surface area contributed by atoms with Gasteiger partial charge in [0.2, 0.25) is 0 Å². The number of phenolic OH excluding ortho intramolecular Hbond substituents is 1. The second-order valence-corrected chi connectivity index (χ2v) is 7.08. The second kappa shape index (κ2) is 5.94. The van der Waals surface area contributed by atoms with Gasteiger partial charge in [0, 0.05) is 28.5 Å². The Balaban J connectivity index is 1.86. The number of halogens is 1. The van der Waals surface area contributed by atoms with Crippen molar-refractivity contribution in [2.75, 3.05) is 6.54 Å². The topological polar surface area (TPSA) is 57.6 Å². The van der Waals surface area contributed by atoms with Gasteiger partial charge < -0.3 is 10.0 Å². The van der Waals surface area contributed by atoms with Crippen LogP contribution in [0.4, 0.5) is 0 Å². The Hall–Kier alpha value is -1.11. The van der Waals surface area contributed by atoms with Gasteiger partial charge in [-0.2, -0.15) is 0 Å². The molecule has 1 amide bonds. The lowest BCUT2D eigenvalue weighted by Gasteiger charge is -2.29.